The Bertz CT molecular complexity index is 1260. The number of carbonyl (C=O) groups is 1. The highest BCUT2D eigenvalue weighted by Gasteiger charge is 2.21. The number of aromatic nitrogens is 4. The van der Waals surface area contributed by atoms with Crippen LogP contribution in [0.25, 0.3) is 5.69 Å². The van der Waals surface area contributed by atoms with E-state index >= 15 is 0 Å². The van der Waals surface area contributed by atoms with Crippen molar-refractivity contribution in [2.75, 3.05) is 6.61 Å². The SMILES string of the molecule is CC(Sc1nnnn1-c1ccccc1)c1cc([N+](=O)[O-])ccc1OCC(=O)c1ccccc1. The molecule has 4 rings (SSSR count). The van der Waals surface area contributed by atoms with Crippen molar-refractivity contribution in [3.8, 4) is 11.4 Å². The molecule has 0 spiro atoms. The molecule has 0 saturated carbocycles. The maximum absolute atomic E-state index is 12.5. The Hall–Kier alpha value is -4.05. The van der Waals surface area contributed by atoms with Gasteiger partial charge in [0.2, 0.25) is 5.16 Å². The largest absolute Gasteiger partial charge is 0.485 e. The zero-order valence-corrected chi connectivity index (χ0v) is 18.4. The lowest BCUT2D eigenvalue weighted by molar-refractivity contribution is -0.384. The molecular weight excluding hydrogens is 442 g/mol. The first-order chi connectivity index (χ1) is 16.0. The Balaban J connectivity index is 1.58. The van der Waals surface area contributed by atoms with E-state index in [1.165, 1.54) is 30.0 Å². The van der Waals surface area contributed by atoms with Crippen LogP contribution in [0, 0.1) is 10.1 Å². The van der Waals surface area contributed by atoms with E-state index in [1.807, 2.05) is 43.3 Å². The van der Waals surface area contributed by atoms with Gasteiger partial charge in [-0.25, -0.2) is 0 Å². The molecule has 1 heterocycles. The summed E-state index contributed by atoms with van der Waals surface area (Å²) >= 11 is 1.33. The Morgan fingerprint density at radius 2 is 1.79 bits per heavy atom. The minimum Gasteiger partial charge on any atom is -0.485 e. The number of nitro groups is 1. The van der Waals surface area contributed by atoms with E-state index in [2.05, 4.69) is 15.5 Å². The van der Waals surface area contributed by atoms with E-state index < -0.39 is 4.92 Å². The first kappa shape index (κ1) is 22.2. The summed E-state index contributed by atoms with van der Waals surface area (Å²) in [4.78, 5) is 23.4. The fourth-order valence-corrected chi connectivity index (χ4v) is 4.11. The summed E-state index contributed by atoms with van der Waals surface area (Å²) in [7, 11) is 0. The van der Waals surface area contributed by atoms with Gasteiger partial charge in [0.15, 0.2) is 12.4 Å². The molecule has 0 aliphatic carbocycles. The van der Waals surface area contributed by atoms with Gasteiger partial charge in [-0.3, -0.25) is 14.9 Å². The zero-order valence-electron chi connectivity index (χ0n) is 17.6. The van der Waals surface area contributed by atoms with E-state index in [-0.39, 0.29) is 23.3 Å². The number of hydrogen-bond donors (Lipinski definition) is 0. The normalized spacial score (nSPS) is 11.7. The van der Waals surface area contributed by atoms with Crippen LogP contribution in [0.3, 0.4) is 0 Å². The van der Waals surface area contributed by atoms with Crippen molar-refractivity contribution in [3.63, 3.8) is 0 Å². The van der Waals surface area contributed by atoms with Crippen molar-refractivity contribution in [2.45, 2.75) is 17.3 Å². The van der Waals surface area contributed by atoms with Crippen molar-refractivity contribution in [1.29, 1.82) is 0 Å². The predicted octanol–water partition coefficient (Wildman–Crippen LogP) is 4.69. The van der Waals surface area contributed by atoms with Gasteiger partial charge in [-0.2, -0.15) is 4.68 Å². The van der Waals surface area contributed by atoms with Crippen LogP contribution < -0.4 is 4.74 Å². The number of ketones is 1. The molecule has 33 heavy (non-hydrogen) atoms. The molecular formula is C23H19N5O4S. The number of nitrogens with zero attached hydrogens (tertiary/aromatic N) is 5. The van der Waals surface area contributed by atoms with Crippen LogP contribution in [0.2, 0.25) is 0 Å². The molecule has 4 aromatic rings. The number of benzene rings is 3. The molecule has 1 aromatic heterocycles. The average molecular weight is 462 g/mol. The van der Waals surface area contributed by atoms with Crippen LogP contribution in [0.4, 0.5) is 5.69 Å². The van der Waals surface area contributed by atoms with Crippen molar-refractivity contribution in [2.24, 2.45) is 0 Å². The van der Waals surface area contributed by atoms with Gasteiger partial charge in [-0.05, 0) is 35.5 Å². The molecule has 0 bridgehead atoms. The molecule has 0 saturated heterocycles. The molecule has 0 N–H and O–H groups in total. The smallest absolute Gasteiger partial charge is 0.270 e. The fourth-order valence-electron chi connectivity index (χ4n) is 3.15. The fraction of sp³-hybridized carbons (Fsp3) is 0.130. The number of non-ortho nitro benzene ring substituents is 1. The van der Waals surface area contributed by atoms with Gasteiger partial charge in [0.05, 0.1) is 10.6 Å². The second kappa shape index (κ2) is 10.0. The van der Waals surface area contributed by atoms with Crippen LogP contribution in [0.5, 0.6) is 5.75 Å². The summed E-state index contributed by atoms with van der Waals surface area (Å²) < 4.78 is 7.39. The van der Waals surface area contributed by atoms with Crippen molar-refractivity contribution >= 4 is 23.2 Å². The molecule has 1 atom stereocenters. The summed E-state index contributed by atoms with van der Waals surface area (Å²) in [6.07, 6.45) is 0. The maximum atomic E-state index is 12.5. The molecule has 0 aliphatic rings. The second-order valence-corrected chi connectivity index (χ2v) is 8.33. The summed E-state index contributed by atoms with van der Waals surface area (Å²) in [6, 6.07) is 22.5. The van der Waals surface area contributed by atoms with Gasteiger partial charge in [0.25, 0.3) is 5.69 Å². The molecule has 0 aliphatic heterocycles. The Morgan fingerprint density at radius 1 is 1.09 bits per heavy atom. The van der Waals surface area contributed by atoms with E-state index in [0.717, 1.165) is 5.69 Å². The van der Waals surface area contributed by atoms with Gasteiger partial charge in [-0.1, -0.05) is 60.3 Å². The minimum absolute atomic E-state index is 0.0677. The first-order valence-corrected chi connectivity index (χ1v) is 10.9. The summed E-state index contributed by atoms with van der Waals surface area (Å²) in [5.74, 6) is 0.205. The number of hydrogen-bond acceptors (Lipinski definition) is 8. The predicted molar refractivity (Wildman–Crippen MR) is 123 cm³/mol. The lowest BCUT2D eigenvalue weighted by Crippen LogP contribution is -2.12. The molecule has 0 fully saturated rings. The average Bonchev–Trinajstić information content (AvgIpc) is 3.31. The highest BCUT2D eigenvalue weighted by atomic mass is 32.2. The van der Waals surface area contributed by atoms with Gasteiger partial charge < -0.3 is 4.74 Å². The summed E-state index contributed by atoms with van der Waals surface area (Å²) in [5, 5.41) is 23.5. The van der Waals surface area contributed by atoms with Crippen LogP contribution in [0.1, 0.15) is 28.1 Å². The minimum atomic E-state index is -0.464. The highest BCUT2D eigenvalue weighted by molar-refractivity contribution is 7.99. The number of ether oxygens (including phenoxy) is 1. The lowest BCUT2D eigenvalue weighted by Gasteiger charge is -2.16. The Labute approximate surface area is 193 Å². The number of thioether (sulfide) groups is 1. The third-order valence-electron chi connectivity index (χ3n) is 4.82. The first-order valence-electron chi connectivity index (χ1n) is 10.0. The second-order valence-electron chi connectivity index (χ2n) is 7.03. The van der Waals surface area contributed by atoms with Crippen LogP contribution in [-0.4, -0.2) is 37.5 Å². The monoisotopic (exact) mass is 461 g/mol. The molecule has 10 heteroatoms. The number of carbonyl (C=O) groups excluding carboxylic acids is 1. The summed E-state index contributed by atoms with van der Waals surface area (Å²) in [6.45, 7) is 1.69. The van der Waals surface area contributed by atoms with E-state index in [4.69, 9.17) is 4.74 Å². The molecule has 1 unspecified atom stereocenters. The number of rotatable bonds is 9. The molecule has 166 valence electrons. The number of Topliss-reactive ketones (excluding diaryl/α,β-unsaturated/α-hetero) is 1. The van der Waals surface area contributed by atoms with E-state index in [0.29, 0.717) is 22.0 Å². The molecule has 3 aromatic carbocycles. The number of para-hydroxylation sites is 1. The van der Waals surface area contributed by atoms with Crippen LogP contribution in [-0.2, 0) is 0 Å². The Kier molecular flexibility index (Phi) is 6.75. The van der Waals surface area contributed by atoms with E-state index in [1.54, 1.807) is 28.9 Å². The highest BCUT2D eigenvalue weighted by Crippen LogP contribution is 2.40. The summed E-state index contributed by atoms with van der Waals surface area (Å²) in [5.41, 5.74) is 1.83. The van der Waals surface area contributed by atoms with Gasteiger partial charge in [-0.15, -0.1) is 5.10 Å². The molecule has 0 radical (unpaired) electrons. The van der Waals surface area contributed by atoms with Gasteiger partial charge in [0.1, 0.15) is 5.75 Å². The Morgan fingerprint density at radius 3 is 2.48 bits per heavy atom. The topological polar surface area (TPSA) is 113 Å². The zero-order chi connectivity index (χ0) is 23.2. The lowest BCUT2D eigenvalue weighted by atomic mass is 10.1. The van der Waals surface area contributed by atoms with Crippen LogP contribution in [0.15, 0.2) is 84.0 Å². The molecule has 0 amide bonds. The molecule has 9 nitrogen and oxygen atoms in total. The third kappa shape index (κ3) is 5.24. The standard InChI is InChI=1S/C23H19N5O4S/c1-16(33-23-24-25-26-27(23)18-10-6-3-7-11-18)20-14-19(28(30)31)12-13-22(20)32-15-21(29)17-8-4-2-5-9-17/h2-14,16H,15H2,1H3. The number of nitro benzene ring substituents is 1. The van der Waals surface area contributed by atoms with E-state index in [9.17, 15) is 14.9 Å². The quantitative estimate of drug-likeness (QED) is 0.153. The van der Waals surface area contributed by atoms with Crippen molar-refractivity contribution in [1.82, 2.24) is 20.2 Å². The van der Waals surface area contributed by atoms with Crippen LogP contribution >= 0.6 is 11.8 Å². The third-order valence-corrected chi connectivity index (χ3v) is 5.89. The number of tetrazole rings is 1. The van der Waals surface area contributed by atoms with Gasteiger partial charge >= 0.3 is 0 Å². The van der Waals surface area contributed by atoms with Crippen molar-refractivity contribution < 1.29 is 14.5 Å². The van der Waals surface area contributed by atoms with Crippen molar-refractivity contribution in [3.05, 3.63) is 100 Å². The van der Waals surface area contributed by atoms with Gasteiger partial charge in [0, 0.05) is 28.5 Å². The maximum Gasteiger partial charge on any atom is 0.270 e.